The van der Waals surface area contributed by atoms with Crippen LogP contribution >= 0.6 is 0 Å². The Bertz CT molecular complexity index is 941. The number of phenols is 1. The van der Waals surface area contributed by atoms with Crippen molar-refractivity contribution >= 4 is 21.9 Å². The molecule has 0 atom stereocenters. The predicted octanol–water partition coefficient (Wildman–Crippen LogP) is 2.20. The molecule has 0 aliphatic heterocycles. The molecule has 0 saturated heterocycles. The Morgan fingerprint density at radius 3 is 2.52 bits per heavy atom. The van der Waals surface area contributed by atoms with E-state index in [1.54, 1.807) is 18.2 Å². The predicted molar refractivity (Wildman–Crippen MR) is 85.5 cm³/mol. The lowest BCUT2D eigenvalue weighted by atomic mass is 10.0. The van der Waals surface area contributed by atoms with Gasteiger partial charge < -0.3 is 24.1 Å². The molecule has 0 aliphatic carbocycles. The minimum Gasteiger partial charge on any atom is -0.507 e. The minimum atomic E-state index is -0.391. The number of aliphatic hydroxyl groups excluding tert-OH is 1. The third-order valence-corrected chi connectivity index (χ3v) is 3.78. The number of hydrogen-bond donors (Lipinski definition) is 2. The molecule has 0 amide bonds. The average molecular weight is 316 g/mol. The Balaban J connectivity index is 2.57. The lowest BCUT2D eigenvalue weighted by Crippen LogP contribution is -2.08. The van der Waals surface area contributed by atoms with Crippen molar-refractivity contribution in [2.45, 2.75) is 6.42 Å². The third-order valence-electron chi connectivity index (χ3n) is 3.78. The van der Waals surface area contributed by atoms with E-state index in [4.69, 9.17) is 13.9 Å². The van der Waals surface area contributed by atoms with Gasteiger partial charge in [-0.3, -0.25) is 4.79 Å². The van der Waals surface area contributed by atoms with Crippen molar-refractivity contribution < 1.29 is 24.1 Å². The molecule has 3 rings (SSSR count). The lowest BCUT2D eigenvalue weighted by molar-refractivity contribution is 0.296. The van der Waals surface area contributed by atoms with Crippen molar-refractivity contribution in [1.29, 1.82) is 0 Å². The normalized spacial score (nSPS) is 11.1. The third kappa shape index (κ3) is 2.27. The number of aromatic hydroxyl groups is 1. The Morgan fingerprint density at radius 2 is 1.87 bits per heavy atom. The summed E-state index contributed by atoms with van der Waals surface area (Å²) in [5.74, 6) is 0.600. The Kier molecular flexibility index (Phi) is 3.83. The van der Waals surface area contributed by atoms with Crippen LogP contribution < -0.4 is 14.9 Å². The number of benzene rings is 2. The summed E-state index contributed by atoms with van der Waals surface area (Å²) in [7, 11) is 2.93. The molecule has 120 valence electrons. The Labute approximate surface area is 131 Å². The molecule has 6 nitrogen and oxygen atoms in total. The van der Waals surface area contributed by atoms with Crippen LogP contribution in [0.2, 0.25) is 0 Å². The summed E-state index contributed by atoms with van der Waals surface area (Å²) >= 11 is 0. The summed E-state index contributed by atoms with van der Waals surface area (Å²) in [4.78, 5) is 12.8. The van der Waals surface area contributed by atoms with Crippen molar-refractivity contribution in [2.24, 2.45) is 0 Å². The molecule has 0 fully saturated rings. The fourth-order valence-electron chi connectivity index (χ4n) is 2.74. The van der Waals surface area contributed by atoms with Gasteiger partial charge >= 0.3 is 0 Å². The van der Waals surface area contributed by atoms with E-state index in [-0.39, 0.29) is 40.9 Å². The second-order valence-corrected chi connectivity index (χ2v) is 5.02. The first-order valence-electron chi connectivity index (χ1n) is 7.05. The van der Waals surface area contributed by atoms with E-state index in [0.717, 1.165) is 0 Å². The van der Waals surface area contributed by atoms with Crippen LogP contribution in [0.3, 0.4) is 0 Å². The van der Waals surface area contributed by atoms with Gasteiger partial charge in [0.05, 0.1) is 14.2 Å². The summed E-state index contributed by atoms with van der Waals surface area (Å²) in [6.45, 7) is -0.125. The van der Waals surface area contributed by atoms with Crippen molar-refractivity contribution in [3.8, 4) is 17.2 Å². The van der Waals surface area contributed by atoms with Gasteiger partial charge in [-0.25, -0.2) is 0 Å². The fraction of sp³-hybridized carbons (Fsp3) is 0.235. The molecule has 2 aromatic carbocycles. The summed E-state index contributed by atoms with van der Waals surface area (Å²) < 4.78 is 16.5. The number of phenolic OH excluding ortho intramolecular Hbond substituents is 1. The molecule has 1 aromatic heterocycles. The molecule has 0 saturated carbocycles. The van der Waals surface area contributed by atoms with Crippen LogP contribution in [0.25, 0.3) is 21.9 Å². The molecule has 1 heterocycles. The summed E-state index contributed by atoms with van der Waals surface area (Å²) in [5.41, 5.74) is 0.738. The molecule has 0 bridgehead atoms. The zero-order valence-corrected chi connectivity index (χ0v) is 12.8. The molecule has 0 aliphatic rings. The molecule has 2 N–H and O–H groups in total. The largest absolute Gasteiger partial charge is 0.507 e. The smallest absolute Gasteiger partial charge is 0.208 e. The zero-order valence-electron chi connectivity index (χ0n) is 12.8. The van der Waals surface area contributed by atoms with E-state index in [9.17, 15) is 15.0 Å². The summed E-state index contributed by atoms with van der Waals surface area (Å²) in [6.07, 6.45) is 0.261. The maximum absolute atomic E-state index is 12.8. The monoisotopic (exact) mass is 316 g/mol. The van der Waals surface area contributed by atoms with Crippen molar-refractivity contribution in [2.75, 3.05) is 20.8 Å². The van der Waals surface area contributed by atoms with Crippen molar-refractivity contribution in [1.82, 2.24) is 0 Å². The SMILES string of the molecule is COc1cc(OC)c2c(=O)c3c(O)cccc3oc2c1CCO. The highest BCUT2D eigenvalue weighted by Crippen LogP contribution is 2.37. The zero-order chi connectivity index (χ0) is 16.6. The van der Waals surface area contributed by atoms with Crippen LogP contribution in [0.1, 0.15) is 5.56 Å². The Morgan fingerprint density at radius 1 is 1.13 bits per heavy atom. The second-order valence-electron chi connectivity index (χ2n) is 5.02. The van der Waals surface area contributed by atoms with E-state index < -0.39 is 5.43 Å². The van der Waals surface area contributed by atoms with Gasteiger partial charge in [-0.05, 0) is 12.1 Å². The van der Waals surface area contributed by atoms with Crippen LogP contribution in [-0.2, 0) is 6.42 Å². The summed E-state index contributed by atoms with van der Waals surface area (Å²) in [6, 6.07) is 6.20. The topological polar surface area (TPSA) is 89.1 Å². The molecule has 0 unspecified atom stereocenters. The van der Waals surface area contributed by atoms with E-state index in [1.807, 2.05) is 0 Å². The number of rotatable bonds is 4. The first-order valence-corrected chi connectivity index (χ1v) is 7.05. The minimum absolute atomic E-state index is 0.0958. The maximum atomic E-state index is 12.8. The number of ether oxygens (including phenoxy) is 2. The van der Waals surface area contributed by atoms with Crippen LogP contribution in [0.5, 0.6) is 17.2 Å². The maximum Gasteiger partial charge on any atom is 0.208 e. The number of aliphatic hydroxyl groups is 1. The van der Waals surface area contributed by atoms with Gasteiger partial charge in [0.15, 0.2) is 0 Å². The number of methoxy groups -OCH3 is 2. The van der Waals surface area contributed by atoms with Crippen LogP contribution in [0.4, 0.5) is 0 Å². The highest BCUT2D eigenvalue weighted by atomic mass is 16.5. The first-order chi connectivity index (χ1) is 11.1. The van der Waals surface area contributed by atoms with E-state index in [0.29, 0.717) is 16.9 Å². The number of fused-ring (bicyclic) bond motifs is 2. The summed E-state index contributed by atoms with van der Waals surface area (Å²) in [5, 5.41) is 19.6. The standard InChI is InChI=1S/C17H16O6/c1-21-12-8-13(22-2)15-16(20)14-10(19)4-3-5-11(14)23-17(15)9(12)6-7-18/h3-5,8,18-19H,6-7H2,1-2H3. The molecule has 3 aromatic rings. The average Bonchev–Trinajstić information content (AvgIpc) is 2.55. The highest BCUT2D eigenvalue weighted by Gasteiger charge is 2.21. The van der Waals surface area contributed by atoms with Crippen LogP contribution in [0.15, 0.2) is 33.5 Å². The molecule has 0 spiro atoms. The highest BCUT2D eigenvalue weighted by molar-refractivity contribution is 5.98. The van der Waals surface area contributed by atoms with Crippen LogP contribution in [0, 0.1) is 0 Å². The van der Waals surface area contributed by atoms with Crippen molar-refractivity contribution in [3.05, 3.63) is 40.1 Å². The first kappa shape index (κ1) is 15.2. The van der Waals surface area contributed by atoms with Gasteiger partial charge in [0.25, 0.3) is 0 Å². The van der Waals surface area contributed by atoms with Gasteiger partial charge in [-0.15, -0.1) is 0 Å². The van der Waals surface area contributed by atoms with Gasteiger partial charge in [-0.2, -0.15) is 0 Å². The van der Waals surface area contributed by atoms with Gasteiger partial charge in [0.1, 0.15) is 39.2 Å². The molecule has 0 radical (unpaired) electrons. The van der Waals surface area contributed by atoms with Gasteiger partial charge in [-0.1, -0.05) is 6.07 Å². The van der Waals surface area contributed by atoms with Crippen LogP contribution in [-0.4, -0.2) is 31.0 Å². The van der Waals surface area contributed by atoms with E-state index >= 15 is 0 Å². The van der Waals surface area contributed by atoms with E-state index in [1.165, 1.54) is 20.3 Å². The Hall–Kier alpha value is -2.73. The fourth-order valence-corrected chi connectivity index (χ4v) is 2.74. The molecule has 23 heavy (non-hydrogen) atoms. The molecule has 6 heteroatoms. The van der Waals surface area contributed by atoms with E-state index in [2.05, 4.69) is 0 Å². The lowest BCUT2D eigenvalue weighted by Gasteiger charge is -2.14. The quantitative estimate of drug-likeness (QED) is 0.717. The van der Waals surface area contributed by atoms with Crippen molar-refractivity contribution in [3.63, 3.8) is 0 Å². The van der Waals surface area contributed by atoms with Gasteiger partial charge in [0.2, 0.25) is 5.43 Å². The van der Waals surface area contributed by atoms with Gasteiger partial charge in [0, 0.05) is 24.7 Å². The second kappa shape index (κ2) is 5.81. The molecular formula is C17H16O6. The molecular weight excluding hydrogens is 300 g/mol. The number of hydrogen-bond acceptors (Lipinski definition) is 6.